The van der Waals surface area contributed by atoms with Crippen molar-refractivity contribution in [2.45, 2.75) is 20.0 Å². The molecule has 16 heavy (non-hydrogen) atoms. The van der Waals surface area contributed by atoms with Crippen molar-refractivity contribution in [1.29, 1.82) is 0 Å². The largest absolute Gasteiger partial charge is 0.389 e. The minimum atomic E-state index is -0.860. The Bertz CT molecular complexity index is 505. The molecule has 0 spiro atoms. The third-order valence-corrected chi connectivity index (χ3v) is 2.41. The summed E-state index contributed by atoms with van der Waals surface area (Å²) in [6, 6.07) is 4.67. The number of hydrogen-bond donors (Lipinski definition) is 1. The lowest BCUT2D eigenvalue weighted by Crippen LogP contribution is -2.05. The molecule has 1 atom stereocenters. The van der Waals surface area contributed by atoms with Gasteiger partial charge < -0.3 is 5.11 Å². The van der Waals surface area contributed by atoms with Crippen LogP contribution in [0.25, 0.3) is 5.69 Å². The Morgan fingerprint density at radius 1 is 1.44 bits per heavy atom. The van der Waals surface area contributed by atoms with Gasteiger partial charge in [0.05, 0.1) is 18.0 Å². The number of benzene rings is 1. The molecule has 0 aliphatic carbocycles. The van der Waals surface area contributed by atoms with E-state index >= 15 is 0 Å². The van der Waals surface area contributed by atoms with Gasteiger partial charge in [-0.15, -0.1) is 0 Å². The third-order valence-electron chi connectivity index (χ3n) is 2.41. The Labute approximate surface area is 93.2 Å². The summed E-state index contributed by atoms with van der Waals surface area (Å²) in [5, 5.41) is 13.7. The third kappa shape index (κ3) is 1.84. The van der Waals surface area contributed by atoms with Crippen LogP contribution in [0.15, 0.2) is 30.6 Å². The maximum absolute atomic E-state index is 13.6. The SMILES string of the molecule is Cc1cnn(-c2cccc(F)c2C(C)O)c1. The maximum atomic E-state index is 13.6. The normalized spacial score (nSPS) is 12.8. The van der Waals surface area contributed by atoms with Gasteiger partial charge in [0.15, 0.2) is 0 Å². The first-order valence-corrected chi connectivity index (χ1v) is 5.07. The van der Waals surface area contributed by atoms with Gasteiger partial charge in [0.1, 0.15) is 5.82 Å². The molecule has 1 aromatic heterocycles. The Kier molecular flexibility index (Phi) is 2.75. The first kappa shape index (κ1) is 10.8. The Morgan fingerprint density at radius 2 is 2.19 bits per heavy atom. The second-order valence-electron chi connectivity index (χ2n) is 3.81. The topological polar surface area (TPSA) is 38.0 Å². The van der Waals surface area contributed by atoms with Gasteiger partial charge >= 0.3 is 0 Å². The molecule has 0 radical (unpaired) electrons. The van der Waals surface area contributed by atoms with Crippen molar-refractivity contribution < 1.29 is 9.50 Å². The number of rotatable bonds is 2. The fourth-order valence-electron chi connectivity index (χ4n) is 1.68. The molecule has 1 heterocycles. The first-order valence-electron chi connectivity index (χ1n) is 5.07. The first-order chi connectivity index (χ1) is 7.59. The molecule has 0 fully saturated rings. The molecule has 1 unspecified atom stereocenters. The van der Waals surface area contributed by atoms with Crippen LogP contribution in [0.4, 0.5) is 4.39 Å². The summed E-state index contributed by atoms with van der Waals surface area (Å²) in [6.07, 6.45) is 2.62. The van der Waals surface area contributed by atoms with Crippen LogP contribution in [0.5, 0.6) is 0 Å². The van der Waals surface area contributed by atoms with Crippen molar-refractivity contribution in [3.63, 3.8) is 0 Å². The number of hydrogen-bond acceptors (Lipinski definition) is 2. The molecular formula is C12H13FN2O. The lowest BCUT2D eigenvalue weighted by atomic mass is 10.1. The van der Waals surface area contributed by atoms with Gasteiger partial charge in [-0.3, -0.25) is 0 Å². The molecule has 0 bridgehead atoms. The Morgan fingerprint density at radius 3 is 2.75 bits per heavy atom. The highest BCUT2D eigenvalue weighted by Gasteiger charge is 2.14. The molecule has 3 nitrogen and oxygen atoms in total. The molecule has 1 aromatic carbocycles. The van der Waals surface area contributed by atoms with Crippen LogP contribution in [-0.2, 0) is 0 Å². The second kappa shape index (κ2) is 4.06. The van der Waals surface area contributed by atoms with Gasteiger partial charge in [0, 0.05) is 11.8 Å². The zero-order valence-corrected chi connectivity index (χ0v) is 9.18. The molecule has 0 saturated carbocycles. The molecule has 0 saturated heterocycles. The average molecular weight is 220 g/mol. The van der Waals surface area contributed by atoms with E-state index in [9.17, 15) is 9.50 Å². The minimum Gasteiger partial charge on any atom is -0.389 e. The quantitative estimate of drug-likeness (QED) is 0.843. The van der Waals surface area contributed by atoms with Crippen molar-refractivity contribution in [3.05, 3.63) is 47.5 Å². The van der Waals surface area contributed by atoms with Crippen molar-refractivity contribution in [2.75, 3.05) is 0 Å². The van der Waals surface area contributed by atoms with Crippen LogP contribution >= 0.6 is 0 Å². The van der Waals surface area contributed by atoms with E-state index in [1.807, 2.05) is 6.92 Å². The van der Waals surface area contributed by atoms with E-state index in [0.717, 1.165) is 5.56 Å². The van der Waals surface area contributed by atoms with Gasteiger partial charge in [-0.2, -0.15) is 5.10 Å². The number of aromatic nitrogens is 2. The van der Waals surface area contributed by atoms with Gasteiger partial charge in [0.2, 0.25) is 0 Å². The molecule has 0 amide bonds. The van der Waals surface area contributed by atoms with Gasteiger partial charge in [-0.25, -0.2) is 9.07 Å². The van der Waals surface area contributed by atoms with Gasteiger partial charge in [0.25, 0.3) is 0 Å². The summed E-state index contributed by atoms with van der Waals surface area (Å²) in [7, 11) is 0. The monoisotopic (exact) mass is 220 g/mol. The van der Waals surface area contributed by atoms with Crippen molar-refractivity contribution >= 4 is 0 Å². The van der Waals surface area contributed by atoms with Crippen LogP contribution in [-0.4, -0.2) is 14.9 Å². The highest BCUT2D eigenvalue weighted by molar-refractivity contribution is 5.42. The van der Waals surface area contributed by atoms with Crippen molar-refractivity contribution in [3.8, 4) is 5.69 Å². The van der Waals surface area contributed by atoms with Gasteiger partial charge in [-0.05, 0) is 31.5 Å². The van der Waals surface area contributed by atoms with Crippen LogP contribution in [0, 0.1) is 12.7 Å². The van der Waals surface area contributed by atoms with E-state index in [2.05, 4.69) is 5.10 Å². The molecule has 0 aliphatic rings. The van der Waals surface area contributed by atoms with E-state index in [-0.39, 0.29) is 5.56 Å². The van der Waals surface area contributed by atoms with Crippen molar-refractivity contribution in [1.82, 2.24) is 9.78 Å². The lowest BCUT2D eigenvalue weighted by Gasteiger charge is -2.12. The van der Waals surface area contributed by atoms with E-state index in [0.29, 0.717) is 5.69 Å². The number of aryl methyl sites for hydroxylation is 1. The van der Waals surface area contributed by atoms with Crippen LogP contribution in [0.1, 0.15) is 24.2 Å². The Hall–Kier alpha value is -1.68. The van der Waals surface area contributed by atoms with Crippen LogP contribution in [0.2, 0.25) is 0 Å². The average Bonchev–Trinajstić information content (AvgIpc) is 2.63. The highest BCUT2D eigenvalue weighted by atomic mass is 19.1. The number of aliphatic hydroxyl groups is 1. The molecule has 4 heteroatoms. The number of halogens is 1. The molecular weight excluding hydrogens is 207 g/mol. The van der Waals surface area contributed by atoms with E-state index < -0.39 is 11.9 Å². The van der Waals surface area contributed by atoms with E-state index in [4.69, 9.17) is 0 Å². The summed E-state index contributed by atoms with van der Waals surface area (Å²) in [6.45, 7) is 3.45. The molecule has 0 aliphatic heterocycles. The van der Waals surface area contributed by atoms with Crippen LogP contribution in [0.3, 0.4) is 0 Å². The summed E-state index contributed by atoms with van der Waals surface area (Å²) in [5.41, 5.74) is 1.83. The number of aliphatic hydroxyl groups excluding tert-OH is 1. The molecule has 2 rings (SSSR count). The fourth-order valence-corrected chi connectivity index (χ4v) is 1.68. The maximum Gasteiger partial charge on any atom is 0.131 e. The Balaban J connectivity index is 2.60. The summed E-state index contributed by atoms with van der Waals surface area (Å²) in [4.78, 5) is 0. The number of nitrogens with zero attached hydrogens (tertiary/aromatic N) is 2. The zero-order chi connectivity index (χ0) is 11.7. The standard InChI is InChI=1S/C12H13FN2O/c1-8-6-14-15(7-8)11-5-3-4-10(13)12(11)9(2)16/h3-7,9,16H,1-2H3. The fraction of sp³-hybridized carbons (Fsp3) is 0.250. The summed E-state index contributed by atoms with van der Waals surface area (Å²) < 4.78 is 15.2. The smallest absolute Gasteiger partial charge is 0.131 e. The second-order valence-corrected chi connectivity index (χ2v) is 3.81. The van der Waals surface area contributed by atoms with Gasteiger partial charge in [-0.1, -0.05) is 6.07 Å². The van der Waals surface area contributed by atoms with E-state index in [1.54, 1.807) is 29.2 Å². The lowest BCUT2D eigenvalue weighted by molar-refractivity contribution is 0.194. The predicted molar refractivity (Wildman–Crippen MR) is 58.9 cm³/mol. The van der Waals surface area contributed by atoms with Crippen LogP contribution < -0.4 is 0 Å². The predicted octanol–water partition coefficient (Wildman–Crippen LogP) is 2.37. The van der Waals surface area contributed by atoms with E-state index in [1.165, 1.54) is 13.0 Å². The molecule has 2 aromatic rings. The van der Waals surface area contributed by atoms with Crippen molar-refractivity contribution in [2.24, 2.45) is 0 Å². The zero-order valence-electron chi connectivity index (χ0n) is 9.18. The highest BCUT2D eigenvalue weighted by Crippen LogP contribution is 2.24. The minimum absolute atomic E-state index is 0.269. The summed E-state index contributed by atoms with van der Waals surface area (Å²) in [5.74, 6) is -0.416. The molecule has 1 N–H and O–H groups in total. The molecule has 84 valence electrons. The summed E-state index contributed by atoms with van der Waals surface area (Å²) >= 11 is 0.